The highest BCUT2D eigenvalue weighted by Gasteiger charge is 2.25. The third-order valence-electron chi connectivity index (χ3n) is 4.91. The molecule has 1 aromatic rings. The lowest BCUT2D eigenvalue weighted by Gasteiger charge is -2.38. The maximum Gasteiger partial charge on any atom is 0.227 e. The second kappa shape index (κ2) is 7.40. The van der Waals surface area contributed by atoms with Crippen LogP contribution in [0.3, 0.4) is 0 Å². The van der Waals surface area contributed by atoms with E-state index in [0.29, 0.717) is 18.0 Å². The molecule has 3 heterocycles. The highest BCUT2D eigenvalue weighted by Crippen LogP contribution is 2.24. The van der Waals surface area contributed by atoms with Gasteiger partial charge in [-0.15, -0.1) is 0 Å². The molecule has 0 saturated carbocycles. The van der Waals surface area contributed by atoms with E-state index in [0.717, 1.165) is 38.4 Å². The van der Waals surface area contributed by atoms with Crippen LogP contribution in [0, 0.1) is 0 Å². The quantitative estimate of drug-likeness (QED) is 0.855. The van der Waals surface area contributed by atoms with E-state index in [1.807, 2.05) is 0 Å². The second-order valence-corrected chi connectivity index (χ2v) is 6.75. The van der Waals surface area contributed by atoms with E-state index in [2.05, 4.69) is 39.0 Å². The molecule has 2 fully saturated rings. The number of rotatable bonds is 5. The summed E-state index contributed by atoms with van der Waals surface area (Å²) in [5, 5.41) is 3.24. The Balaban J connectivity index is 1.64. The fourth-order valence-electron chi connectivity index (χ4n) is 3.55. The van der Waals surface area contributed by atoms with Gasteiger partial charge in [0.2, 0.25) is 11.9 Å². The number of nitrogens with two attached hydrogens (primary N) is 1. The first-order valence-corrected chi connectivity index (χ1v) is 8.73. The van der Waals surface area contributed by atoms with E-state index >= 15 is 0 Å². The number of piperidine rings is 1. The molecule has 0 radical (unpaired) electrons. The Hall–Kier alpha value is -1.47. The first-order valence-electron chi connectivity index (χ1n) is 8.73. The molecule has 3 N–H and O–H groups in total. The number of likely N-dealkylation sites (tertiary alicyclic amines) is 1. The monoisotopic (exact) mass is 320 g/mol. The third-order valence-corrected chi connectivity index (χ3v) is 4.91. The van der Waals surface area contributed by atoms with Gasteiger partial charge >= 0.3 is 0 Å². The number of hydrogen-bond acceptors (Lipinski definition) is 7. The lowest BCUT2D eigenvalue weighted by Crippen LogP contribution is -2.43. The predicted molar refractivity (Wildman–Crippen MR) is 90.0 cm³/mol. The summed E-state index contributed by atoms with van der Waals surface area (Å²) in [6.45, 7) is 6.85. The van der Waals surface area contributed by atoms with Crippen LogP contribution in [0.25, 0.3) is 0 Å². The van der Waals surface area contributed by atoms with E-state index in [9.17, 15) is 0 Å². The Morgan fingerprint density at radius 2 is 1.91 bits per heavy atom. The van der Waals surface area contributed by atoms with Crippen LogP contribution in [0.2, 0.25) is 0 Å². The van der Waals surface area contributed by atoms with Crippen molar-refractivity contribution >= 4 is 11.9 Å². The smallest absolute Gasteiger partial charge is 0.227 e. The molecule has 7 nitrogen and oxygen atoms in total. The van der Waals surface area contributed by atoms with E-state index in [-0.39, 0.29) is 12.1 Å². The highest BCUT2D eigenvalue weighted by atomic mass is 16.5. The van der Waals surface area contributed by atoms with Gasteiger partial charge < -0.3 is 15.8 Å². The van der Waals surface area contributed by atoms with Gasteiger partial charge in [0.15, 0.2) is 0 Å². The summed E-state index contributed by atoms with van der Waals surface area (Å²) in [5.74, 6) is 1.58. The van der Waals surface area contributed by atoms with E-state index in [1.54, 1.807) is 0 Å². The van der Waals surface area contributed by atoms with Gasteiger partial charge in [0, 0.05) is 25.2 Å². The topological polar surface area (TPSA) is 89.2 Å². The van der Waals surface area contributed by atoms with Crippen LogP contribution < -0.4 is 11.1 Å². The summed E-state index contributed by atoms with van der Waals surface area (Å²) in [5.41, 5.74) is 5.87. The summed E-state index contributed by atoms with van der Waals surface area (Å²) < 4.78 is 5.61. The molecule has 2 aliphatic heterocycles. The fraction of sp³-hybridized carbons (Fsp3) is 0.812. The average molecular weight is 320 g/mol. The maximum atomic E-state index is 5.87. The molecular formula is C16H28N6O. The molecule has 1 aromatic heterocycles. The number of anilines is 2. The van der Waals surface area contributed by atoms with Crippen molar-refractivity contribution in [1.29, 1.82) is 0 Å². The van der Waals surface area contributed by atoms with Crippen molar-refractivity contribution in [3.63, 3.8) is 0 Å². The maximum absolute atomic E-state index is 5.87. The molecule has 0 aromatic carbocycles. The molecule has 23 heavy (non-hydrogen) atoms. The molecule has 128 valence electrons. The number of nitrogens with zero attached hydrogens (tertiary/aromatic N) is 4. The molecule has 0 spiro atoms. The predicted octanol–water partition coefficient (Wildman–Crippen LogP) is 1.81. The first kappa shape index (κ1) is 16.4. The van der Waals surface area contributed by atoms with E-state index in [4.69, 9.17) is 10.5 Å². The van der Waals surface area contributed by atoms with Gasteiger partial charge in [0.05, 0.1) is 12.6 Å². The summed E-state index contributed by atoms with van der Waals surface area (Å²) in [7, 11) is 0. The van der Waals surface area contributed by atoms with Crippen molar-refractivity contribution < 1.29 is 4.74 Å². The van der Waals surface area contributed by atoms with Crippen LogP contribution in [0.4, 0.5) is 11.9 Å². The summed E-state index contributed by atoms with van der Waals surface area (Å²) in [6, 6.07) is 1.11. The van der Waals surface area contributed by atoms with Crippen LogP contribution in [0.1, 0.15) is 51.8 Å². The summed E-state index contributed by atoms with van der Waals surface area (Å²) >= 11 is 0. The van der Waals surface area contributed by atoms with Gasteiger partial charge in [-0.05, 0) is 39.5 Å². The van der Waals surface area contributed by atoms with Crippen molar-refractivity contribution in [3.8, 4) is 0 Å². The van der Waals surface area contributed by atoms with Gasteiger partial charge in [0.1, 0.15) is 5.82 Å². The minimum Gasteiger partial charge on any atom is -0.376 e. The molecule has 0 amide bonds. The Morgan fingerprint density at radius 3 is 2.61 bits per heavy atom. The molecule has 0 bridgehead atoms. The minimum absolute atomic E-state index is 0.249. The highest BCUT2D eigenvalue weighted by molar-refractivity contribution is 5.31. The largest absolute Gasteiger partial charge is 0.376 e. The van der Waals surface area contributed by atoms with Crippen LogP contribution in [-0.2, 0) is 11.3 Å². The van der Waals surface area contributed by atoms with Gasteiger partial charge in [-0.3, -0.25) is 4.90 Å². The fourth-order valence-corrected chi connectivity index (χ4v) is 3.55. The molecule has 3 unspecified atom stereocenters. The number of aromatic nitrogens is 3. The van der Waals surface area contributed by atoms with Crippen LogP contribution in [0.15, 0.2) is 0 Å². The van der Waals surface area contributed by atoms with Gasteiger partial charge in [-0.25, -0.2) is 0 Å². The number of hydrogen-bond donors (Lipinski definition) is 2. The van der Waals surface area contributed by atoms with Crippen molar-refractivity contribution in [2.24, 2.45) is 0 Å². The number of ether oxygens (including phenoxy) is 1. The molecule has 2 aliphatic rings. The SMILES string of the molecule is CC1CCCC(C)N1Cc1nc(N)nc(NCC2CCCO2)n1. The molecule has 7 heteroatoms. The Bertz CT molecular complexity index is 509. The summed E-state index contributed by atoms with van der Waals surface area (Å²) in [6.07, 6.45) is 6.22. The van der Waals surface area contributed by atoms with Crippen molar-refractivity contribution in [3.05, 3.63) is 5.82 Å². The van der Waals surface area contributed by atoms with E-state index < -0.39 is 0 Å². The molecule has 3 rings (SSSR count). The Morgan fingerprint density at radius 1 is 1.13 bits per heavy atom. The molecule has 0 aliphatic carbocycles. The Labute approximate surface area is 138 Å². The standard InChI is InChI=1S/C16H28N6O/c1-11-5-3-6-12(2)22(11)10-14-19-15(17)21-16(20-14)18-9-13-7-4-8-23-13/h11-13H,3-10H2,1-2H3,(H3,17,18,19,20,21). The zero-order valence-electron chi connectivity index (χ0n) is 14.2. The van der Waals surface area contributed by atoms with Crippen LogP contribution in [0.5, 0.6) is 0 Å². The van der Waals surface area contributed by atoms with Gasteiger partial charge in [-0.2, -0.15) is 15.0 Å². The number of nitrogens with one attached hydrogen (secondary N) is 1. The van der Waals surface area contributed by atoms with Crippen LogP contribution >= 0.6 is 0 Å². The first-order chi connectivity index (χ1) is 11.1. The van der Waals surface area contributed by atoms with Gasteiger partial charge in [0.25, 0.3) is 0 Å². The second-order valence-electron chi connectivity index (χ2n) is 6.75. The number of nitrogen functional groups attached to an aromatic ring is 1. The van der Waals surface area contributed by atoms with Gasteiger partial charge in [-0.1, -0.05) is 6.42 Å². The minimum atomic E-state index is 0.249. The van der Waals surface area contributed by atoms with Crippen LogP contribution in [-0.4, -0.2) is 51.2 Å². The zero-order valence-corrected chi connectivity index (χ0v) is 14.2. The van der Waals surface area contributed by atoms with Crippen molar-refractivity contribution in [1.82, 2.24) is 19.9 Å². The lowest BCUT2D eigenvalue weighted by atomic mass is 9.97. The zero-order chi connectivity index (χ0) is 16.2. The molecule has 2 saturated heterocycles. The van der Waals surface area contributed by atoms with Crippen molar-refractivity contribution in [2.75, 3.05) is 24.2 Å². The third kappa shape index (κ3) is 4.29. The normalized spacial score (nSPS) is 28.9. The molecular weight excluding hydrogens is 292 g/mol. The summed E-state index contributed by atoms with van der Waals surface area (Å²) in [4.78, 5) is 15.5. The molecule has 3 atom stereocenters. The van der Waals surface area contributed by atoms with Crippen molar-refractivity contribution in [2.45, 2.75) is 70.7 Å². The average Bonchev–Trinajstić information content (AvgIpc) is 3.02. The van der Waals surface area contributed by atoms with E-state index in [1.165, 1.54) is 19.3 Å². The Kier molecular flexibility index (Phi) is 5.27. The lowest BCUT2D eigenvalue weighted by molar-refractivity contribution is 0.0922.